The number of halogens is 3. The van der Waals surface area contributed by atoms with Crippen LogP contribution in [0.5, 0.6) is 5.75 Å². The lowest BCUT2D eigenvalue weighted by molar-refractivity contribution is 0.412. The zero-order valence-corrected chi connectivity index (χ0v) is 15.6. The lowest BCUT2D eigenvalue weighted by Gasteiger charge is -2.11. The summed E-state index contributed by atoms with van der Waals surface area (Å²) in [5, 5.41) is -0.205. The van der Waals surface area contributed by atoms with Gasteiger partial charge in [0.15, 0.2) is 0 Å². The van der Waals surface area contributed by atoms with Gasteiger partial charge in [-0.1, -0.05) is 11.6 Å². The number of methoxy groups -OCH3 is 1. The molecule has 1 aromatic carbocycles. The molecule has 0 atom stereocenters. The number of imidazole rings is 1. The topological polar surface area (TPSA) is 73.2 Å². The zero-order valence-electron chi connectivity index (χ0n) is 10.9. The van der Waals surface area contributed by atoms with Gasteiger partial charge in [0.2, 0.25) is 5.03 Å². The number of rotatable bonds is 4. The minimum absolute atomic E-state index is 0.0303. The average molecular weight is 460 g/mol. The Balaban J connectivity index is 2.44. The fraction of sp³-hybridized carbons (Fsp3) is 0.182. The van der Waals surface area contributed by atoms with Crippen molar-refractivity contribution in [2.75, 3.05) is 11.8 Å². The van der Waals surface area contributed by atoms with E-state index >= 15 is 0 Å². The summed E-state index contributed by atoms with van der Waals surface area (Å²) in [5.41, 5.74) is 0.316. The van der Waals surface area contributed by atoms with E-state index in [4.69, 9.17) is 16.3 Å². The van der Waals surface area contributed by atoms with Crippen molar-refractivity contribution in [3.63, 3.8) is 0 Å². The monoisotopic (exact) mass is 457 g/mol. The largest absolute Gasteiger partial charge is 0.495 e. The summed E-state index contributed by atoms with van der Waals surface area (Å²) < 4.78 is 34.9. The molecule has 6 nitrogen and oxygen atoms in total. The number of aromatic nitrogens is 2. The number of hydrogen-bond donors (Lipinski definition) is 1. The second-order valence-corrected chi connectivity index (χ2v) is 7.69. The van der Waals surface area contributed by atoms with Gasteiger partial charge in [0.25, 0.3) is 10.0 Å². The Hall–Kier alpha value is -0.770. The van der Waals surface area contributed by atoms with Crippen LogP contribution in [0, 0.1) is 0 Å². The summed E-state index contributed by atoms with van der Waals surface area (Å²) in [6, 6.07) is 3.22. The van der Waals surface area contributed by atoms with Crippen LogP contribution in [0.4, 0.5) is 5.69 Å². The van der Waals surface area contributed by atoms with Crippen LogP contribution in [0.25, 0.3) is 0 Å². The Morgan fingerprint density at radius 1 is 1.33 bits per heavy atom. The van der Waals surface area contributed by atoms with Gasteiger partial charge in [-0.3, -0.25) is 4.72 Å². The van der Waals surface area contributed by atoms with Gasteiger partial charge in [-0.05, 0) is 37.9 Å². The molecule has 0 bridgehead atoms. The van der Waals surface area contributed by atoms with Crippen LogP contribution in [0.15, 0.2) is 32.4 Å². The van der Waals surface area contributed by atoms with E-state index in [1.165, 1.54) is 18.0 Å². The van der Waals surface area contributed by atoms with Gasteiger partial charge in [-0.15, -0.1) is 0 Å². The summed E-state index contributed by atoms with van der Waals surface area (Å²) in [6.07, 6.45) is 1.33. The van der Waals surface area contributed by atoms with Crippen molar-refractivity contribution in [1.82, 2.24) is 9.55 Å². The number of anilines is 1. The van der Waals surface area contributed by atoms with Crippen LogP contribution in [-0.4, -0.2) is 25.1 Å². The number of aryl methyl sites for hydroxylation is 1. The van der Waals surface area contributed by atoms with Crippen LogP contribution in [-0.2, 0) is 17.1 Å². The summed E-state index contributed by atoms with van der Waals surface area (Å²) in [4.78, 5) is 3.80. The second kappa shape index (κ2) is 6.15. The molecule has 21 heavy (non-hydrogen) atoms. The highest BCUT2D eigenvalue weighted by atomic mass is 79.9. The fourth-order valence-electron chi connectivity index (χ4n) is 1.53. The first-order valence-corrected chi connectivity index (χ1v) is 8.93. The smallest absolute Gasteiger partial charge is 0.282 e. The number of benzene rings is 1. The van der Waals surface area contributed by atoms with Gasteiger partial charge in [-0.2, -0.15) is 8.42 Å². The minimum atomic E-state index is -3.90. The van der Waals surface area contributed by atoms with Gasteiger partial charge in [0, 0.05) is 17.6 Å². The quantitative estimate of drug-likeness (QED) is 0.761. The number of ether oxygens (including phenoxy) is 1. The molecule has 0 unspecified atom stereocenters. The normalized spacial score (nSPS) is 11.5. The third-order valence-corrected chi connectivity index (χ3v) is 5.70. The van der Waals surface area contributed by atoms with E-state index in [1.807, 2.05) is 0 Å². The van der Waals surface area contributed by atoms with E-state index in [9.17, 15) is 8.42 Å². The van der Waals surface area contributed by atoms with Crippen LogP contribution < -0.4 is 9.46 Å². The third kappa shape index (κ3) is 3.36. The summed E-state index contributed by atoms with van der Waals surface area (Å²) in [6.45, 7) is 0. The molecule has 0 aliphatic rings. The Bertz CT molecular complexity index is 792. The van der Waals surface area contributed by atoms with Crippen LogP contribution in [0.2, 0.25) is 5.15 Å². The molecule has 114 valence electrons. The van der Waals surface area contributed by atoms with Gasteiger partial charge in [0.05, 0.1) is 23.6 Å². The SMILES string of the molecule is COc1cc(NS(=O)(=O)c2ncn(C)c2Cl)c(Br)cc1Br. The molecular weight excluding hydrogens is 449 g/mol. The van der Waals surface area contributed by atoms with Crippen LogP contribution >= 0.6 is 43.5 Å². The van der Waals surface area contributed by atoms with Crippen molar-refractivity contribution in [3.05, 3.63) is 32.6 Å². The molecule has 1 N–H and O–H groups in total. The molecule has 0 amide bonds. The second-order valence-electron chi connectivity index (χ2n) is 4.02. The Morgan fingerprint density at radius 3 is 2.52 bits per heavy atom. The van der Waals surface area contributed by atoms with E-state index in [1.54, 1.807) is 19.2 Å². The zero-order chi connectivity index (χ0) is 15.8. The number of nitrogens with one attached hydrogen (secondary N) is 1. The molecule has 0 radical (unpaired) electrons. The number of sulfonamides is 1. The first-order valence-electron chi connectivity index (χ1n) is 5.49. The lowest BCUT2D eigenvalue weighted by Crippen LogP contribution is -2.14. The lowest BCUT2D eigenvalue weighted by atomic mass is 10.3. The van der Waals surface area contributed by atoms with E-state index in [2.05, 4.69) is 41.6 Å². The Kier molecular flexibility index (Phi) is 4.86. The van der Waals surface area contributed by atoms with Crippen molar-refractivity contribution in [2.24, 2.45) is 7.05 Å². The van der Waals surface area contributed by atoms with Gasteiger partial charge in [0.1, 0.15) is 10.9 Å². The predicted octanol–water partition coefficient (Wildman–Crippen LogP) is 3.41. The third-order valence-electron chi connectivity index (χ3n) is 2.57. The molecule has 0 saturated carbocycles. The van der Waals surface area contributed by atoms with Crippen molar-refractivity contribution >= 4 is 59.2 Å². The summed E-state index contributed by atoms with van der Waals surface area (Å²) in [7, 11) is -0.806. The summed E-state index contributed by atoms with van der Waals surface area (Å²) >= 11 is 12.5. The molecule has 10 heteroatoms. The molecule has 1 heterocycles. The molecule has 1 aromatic heterocycles. The van der Waals surface area contributed by atoms with Crippen LogP contribution in [0.3, 0.4) is 0 Å². The summed E-state index contributed by atoms with van der Waals surface area (Å²) in [5.74, 6) is 0.489. The standard InChI is InChI=1S/C11H10Br2ClN3O3S/c1-17-5-15-11(10(17)14)21(18,19)16-8-4-9(20-2)7(13)3-6(8)12/h3-5,16H,1-2H3. The van der Waals surface area contributed by atoms with Gasteiger partial charge in [-0.25, -0.2) is 4.98 Å². The molecule has 0 aliphatic carbocycles. The van der Waals surface area contributed by atoms with Crippen molar-refractivity contribution in [1.29, 1.82) is 0 Å². The molecule has 2 rings (SSSR count). The highest BCUT2D eigenvalue weighted by molar-refractivity contribution is 9.11. The van der Waals surface area contributed by atoms with E-state index in [0.717, 1.165) is 0 Å². The molecule has 0 saturated heterocycles. The fourth-order valence-corrected chi connectivity index (χ4v) is 4.42. The van der Waals surface area contributed by atoms with Crippen molar-refractivity contribution in [3.8, 4) is 5.75 Å². The van der Waals surface area contributed by atoms with Gasteiger partial charge >= 0.3 is 0 Å². The number of hydrogen-bond acceptors (Lipinski definition) is 4. The maximum absolute atomic E-state index is 12.3. The number of nitrogens with zero attached hydrogens (tertiary/aromatic N) is 2. The minimum Gasteiger partial charge on any atom is -0.495 e. The van der Waals surface area contributed by atoms with Gasteiger partial charge < -0.3 is 9.30 Å². The predicted molar refractivity (Wildman–Crippen MR) is 87.4 cm³/mol. The Labute approximate surface area is 143 Å². The molecular formula is C11H10Br2ClN3O3S. The molecule has 0 fully saturated rings. The van der Waals surface area contributed by atoms with E-state index in [0.29, 0.717) is 20.4 Å². The van der Waals surface area contributed by atoms with E-state index < -0.39 is 10.0 Å². The highest BCUT2D eigenvalue weighted by Gasteiger charge is 2.23. The highest BCUT2D eigenvalue weighted by Crippen LogP contribution is 2.35. The van der Waals surface area contributed by atoms with E-state index in [-0.39, 0.29) is 10.2 Å². The maximum atomic E-state index is 12.3. The molecule has 0 aliphatic heterocycles. The first-order chi connectivity index (χ1) is 9.76. The van der Waals surface area contributed by atoms with Crippen molar-refractivity contribution in [2.45, 2.75) is 5.03 Å². The Morgan fingerprint density at radius 2 is 2.00 bits per heavy atom. The maximum Gasteiger partial charge on any atom is 0.282 e. The van der Waals surface area contributed by atoms with Crippen LogP contribution in [0.1, 0.15) is 0 Å². The van der Waals surface area contributed by atoms with Crippen molar-refractivity contribution < 1.29 is 13.2 Å². The first kappa shape index (κ1) is 16.6. The molecule has 0 spiro atoms. The average Bonchev–Trinajstić information content (AvgIpc) is 2.74. The molecule has 2 aromatic rings.